The highest BCUT2D eigenvalue weighted by atomic mass is 32.1. The van der Waals surface area contributed by atoms with Crippen LogP contribution >= 0.6 is 12.2 Å². The average molecular weight is 246 g/mol. The van der Waals surface area contributed by atoms with Gasteiger partial charge in [-0.1, -0.05) is 0 Å². The molecule has 0 aromatic heterocycles. The third kappa shape index (κ3) is 4.08. The van der Waals surface area contributed by atoms with Gasteiger partial charge in [-0.15, -0.1) is 0 Å². The third-order valence-corrected chi connectivity index (χ3v) is 2.05. The van der Waals surface area contributed by atoms with Crippen LogP contribution in [0.25, 0.3) is 0 Å². The Balaban J connectivity index is 2.49. The Hall–Kier alpha value is -1.27. The van der Waals surface area contributed by atoms with E-state index >= 15 is 0 Å². The molecule has 1 aromatic carbocycles. The van der Waals surface area contributed by atoms with E-state index in [1.807, 2.05) is 0 Å². The first kappa shape index (κ1) is 12.8. The molecule has 16 heavy (non-hydrogen) atoms. The summed E-state index contributed by atoms with van der Waals surface area (Å²) in [6.45, 7) is 0.547. The van der Waals surface area contributed by atoms with Gasteiger partial charge in [0, 0.05) is 19.2 Å². The Kier molecular flexibility index (Phi) is 5.07. The summed E-state index contributed by atoms with van der Waals surface area (Å²) in [5.41, 5.74) is 0.114. The third-order valence-electron chi connectivity index (χ3n) is 1.80. The molecule has 1 aromatic rings. The second-order valence-corrected chi connectivity index (χ2v) is 3.49. The molecule has 0 radical (unpaired) electrons. The second kappa shape index (κ2) is 6.34. The van der Waals surface area contributed by atoms with E-state index < -0.39 is 11.6 Å². The van der Waals surface area contributed by atoms with Gasteiger partial charge in [-0.05, 0) is 30.8 Å². The van der Waals surface area contributed by atoms with Crippen molar-refractivity contribution in [3.8, 4) is 0 Å². The highest BCUT2D eigenvalue weighted by molar-refractivity contribution is 7.80. The zero-order valence-corrected chi connectivity index (χ0v) is 9.28. The van der Waals surface area contributed by atoms with Crippen LogP contribution in [0.4, 0.5) is 14.5 Å². The van der Waals surface area contributed by atoms with Crippen LogP contribution in [0.2, 0.25) is 0 Å². The first-order chi connectivity index (χ1) is 7.63. The van der Waals surface area contributed by atoms with Crippen LogP contribution < -0.4 is 10.6 Å². The number of aliphatic hydroxyl groups excluding tert-OH is 1. The normalized spacial score (nSPS) is 9.94. The first-order valence-electron chi connectivity index (χ1n) is 4.74. The molecule has 0 bridgehead atoms. The molecule has 6 heteroatoms. The molecule has 0 saturated heterocycles. The predicted octanol–water partition coefficient (Wildman–Crippen LogP) is 1.63. The minimum atomic E-state index is -0.702. The van der Waals surface area contributed by atoms with E-state index in [4.69, 9.17) is 17.3 Å². The number of halogens is 2. The van der Waals surface area contributed by atoms with Gasteiger partial charge in [0.1, 0.15) is 11.6 Å². The molecule has 0 aliphatic heterocycles. The maximum absolute atomic E-state index is 13.2. The predicted molar refractivity (Wildman–Crippen MR) is 62.3 cm³/mol. The topological polar surface area (TPSA) is 44.3 Å². The van der Waals surface area contributed by atoms with E-state index in [0.717, 1.165) is 12.1 Å². The lowest BCUT2D eigenvalue weighted by atomic mass is 10.3. The number of nitrogens with one attached hydrogen (secondary N) is 2. The molecule has 3 N–H and O–H groups in total. The minimum Gasteiger partial charge on any atom is -0.396 e. The number of anilines is 1. The molecule has 0 saturated carbocycles. The van der Waals surface area contributed by atoms with Gasteiger partial charge in [-0.2, -0.15) is 0 Å². The largest absolute Gasteiger partial charge is 0.396 e. The number of hydrogen-bond donors (Lipinski definition) is 3. The van der Waals surface area contributed by atoms with Crippen molar-refractivity contribution < 1.29 is 13.9 Å². The van der Waals surface area contributed by atoms with E-state index in [9.17, 15) is 8.78 Å². The van der Waals surface area contributed by atoms with Gasteiger partial charge < -0.3 is 15.7 Å². The van der Waals surface area contributed by atoms with Gasteiger partial charge in [0.2, 0.25) is 0 Å². The molecule has 0 aliphatic rings. The van der Waals surface area contributed by atoms with Crippen molar-refractivity contribution in [1.82, 2.24) is 5.32 Å². The van der Waals surface area contributed by atoms with Crippen molar-refractivity contribution in [1.29, 1.82) is 0 Å². The fraction of sp³-hybridized carbons (Fsp3) is 0.300. The molecule has 0 heterocycles. The number of hydrogen-bond acceptors (Lipinski definition) is 2. The highest BCUT2D eigenvalue weighted by Gasteiger charge is 2.04. The van der Waals surface area contributed by atoms with Crippen molar-refractivity contribution in [2.45, 2.75) is 6.42 Å². The zero-order chi connectivity index (χ0) is 12.0. The average Bonchev–Trinajstić information content (AvgIpc) is 2.23. The number of benzene rings is 1. The van der Waals surface area contributed by atoms with Gasteiger partial charge in [-0.3, -0.25) is 0 Å². The van der Waals surface area contributed by atoms with Crippen LogP contribution in [0.15, 0.2) is 18.2 Å². The molecule has 0 spiro atoms. The van der Waals surface area contributed by atoms with E-state index in [1.54, 1.807) is 0 Å². The van der Waals surface area contributed by atoms with Crippen LogP contribution in [0.5, 0.6) is 0 Å². The van der Waals surface area contributed by atoms with Crippen LogP contribution in [-0.2, 0) is 0 Å². The van der Waals surface area contributed by atoms with Gasteiger partial charge in [-0.25, -0.2) is 8.78 Å². The first-order valence-corrected chi connectivity index (χ1v) is 5.15. The van der Waals surface area contributed by atoms with E-state index in [2.05, 4.69) is 10.6 Å². The molecule has 3 nitrogen and oxygen atoms in total. The van der Waals surface area contributed by atoms with Crippen molar-refractivity contribution in [2.75, 3.05) is 18.5 Å². The van der Waals surface area contributed by atoms with E-state index in [-0.39, 0.29) is 17.4 Å². The Morgan fingerprint density at radius 2 is 2.12 bits per heavy atom. The van der Waals surface area contributed by atoms with Gasteiger partial charge >= 0.3 is 0 Å². The summed E-state index contributed by atoms with van der Waals surface area (Å²) < 4.78 is 25.8. The molecule has 0 amide bonds. The quantitative estimate of drug-likeness (QED) is 0.558. The highest BCUT2D eigenvalue weighted by Crippen LogP contribution is 2.14. The monoisotopic (exact) mass is 246 g/mol. The van der Waals surface area contributed by atoms with Gasteiger partial charge in [0.15, 0.2) is 5.11 Å². The van der Waals surface area contributed by atoms with Crippen molar-refractivity contribution in [3.63, 3.8) is 0 Å². The molecular formula is C10H12F2N2OS. The SMILES string of the molecule is OCCCNC(=S)Nc1ccc(F)cc1F. The number of aliphatic hydroxyl groups is 1. The fourth-order valence-electron chi connectivity index (χ4n) is 1.04. The van der Waals surface area contributed by atoms with Crippen LogP contribution in [0.1, 0.15) is 6.42 Å². The Morgan fingerprint density at radius 1 is 1.38 bits per heavy atom. The van der Waals surface area contributed by atoms with Crippen molar-refractivity contribution in [2.24, 2.45) is 0 Å². The zero-order valence-electron chi connectivity index (χ0n) is 8.46. The summed E-state index contributed by atoms with van der Waals surface area (Å²) >= 11 is 4.88. The van der Waals surface area contributed by atoms with E-state index in [0.29, 0.717) is 13.0 Å². The number of rotatable bonds is 4. The number of thiocarbonyl (C=S) groups is 1. The summed E-state index contributed by atoms with van der Waals surface area (Å²) in [6, 6.07) is 3.19. The van der Waals surface area contributed by atoms with E-state index in [1.165, 1.54) is 6.07 Å². The van der Waals surface area contributed by atoms with Crippen LogP contribution in [0.3, 0.4) is 0 Å². The standard InChI is InChI=1S/C10H12F2N2OS/c11-7-2-3-9(8(12)6-7)14-10(16)13-4-1-5-15/h2-3,6,15H,1,4-5H2,(H2,13,14,16). The van der Waals surface area contributed by atoms with Crippen molar-refractivity contribution >= 4 is 23.0 Å². The lowest BCUT2D eigenvalue weighted by Gasteiger charge is -2.10. The summed E-state index contributed by atoms with van der Waals surface area (Å²) in [5.74, 6) is -1.34. The Bertz CT molecular complexity index is 374. The summed E-state index contributed by atoms with van der Waals surface area (Å²) in [6.07, 6.45) is 0.549. The molecule has 0 atom stereocenters. The molecular weight excluding hydrogens is 234 g/mol. The Labute approximate surface area is 97.5 Å². The second-order valence-electron chi connectivity index (χ2n) is 3.08. The fourth-order valence-corrected chi connectivity index (χ4v) is 1.25. The Morgan fingerprint density at radius 3 is 2.75 bits per heavy atom. The molecule has 0 unspecified atom stereocenters. The smallest absolute Gasteiger partial charge is 0.170 e. The maximum Gasteiger partial charge on any atom is 0.170 e. The molecule has 1 rings (SSSR count). The molecule has 88 valence electrons. The lowest BCUT2D eigenvalue weighted by molar-refractivity contribution is 0.289. The van der Waals surface area contributed by atoms with Gasteiger partial charge in [0.05, 0.1) is 5.69 Å². The van der Waals surface area contributed by atoms with Gasteiger partial charge in [0.25, 0.3) is 0 Å². The molecule has 0 fully saturated rings. The summed E-state index contributed by atoms with van der Waals surface area (Å²) in [4.78, 5) is 0. The lowest BCUT2D eigenvalue weighted by Crippen LogP contribution is -2.30. The maximum atomic E-state index is 13.2. The van der Waals surface area contributed by atoms with Crippen LogP contribution in [-0.4, -0.2) is 23.4 Å². The molecule has 0 aliphatic carbocycles. The summed E-state index contributed by atoms with van der Waals surface area (Å²) in [7, 11) is 0. The summed E-state index contributed by atoms with van der Waals surface area (Å²) in [5, 5.41) is 14.1. The minimum absolute atomic E-state index is 0.0561. The van der Waals surface area contributed by atoms with Crippen LogP contribution in [0, 0.1) is 11.6 Å². The van der Waals surface area contributed by atoms with Crippen molar-refractivity contribution in [3.05, 3.63) is 29.8 Å².